The van der Waals surface area contributed by atoms with Crippen LogP contribution in [0.15, 0.2) is 12.1 Å². The number of nitrogens with one attached hydrogen (secondary N) is 2. The second-order valence-electron chi connectivity index (χ2n) is 5.16. The average Bonchev–Trinajstić information content (AvgIpc) is 2.86. The Balaban J connectivity index is 1.95. The number of aryl methyl sites for hydroxylation is 2. The lowest BCUT2D eigenvalue weighted by atomic mass is 10.0. The van der Waals surface area contributed by atoms with Crippen molar-refractivity contribution in [3.63, 3.8) is 0 Å². The van der Waals surface area contributed by atoms with E-state index in [1.165, 1.54) is 12.8 Å². The zero-order valence-electron chi connectivity index (χ0n) is 11.4. The van der Waals surface area contributed by atoms with Crippen molar-refractivity contribution in [2.24, 2.45) is 0 Å². The molecule has 0 aliphatic carbocycles. The number of rotatable bonds is 2. The zero-order chi connectivity index (χ0) is 13.2. The molecule has 1 atom stereocenters. The Morgan fingerprint density at radius 3 is 2.68 bits per heavy atom. The van der Waals surface area contributed by atoms with Crippen LogP contribution in [0.3, 0.4) is 0 Å². The normalized spacial score (nSPS) is 19.6. The highest BCUT2D eigenvalue weighted by Gasteiger charge is 2.18. The van der Waals surface area contributed by atoms with Crippen molar-refractivity contribution in [3.8, 4) is 11.4 Å². The molecule has 3 rings (SSSR count). The van der Waals surface area contributed by atoms with Gasteiger partial charge < -0.3 is 5.32 Å². The van der Waals surface area contributed by atoms with E-state index in [9.17, 15) is 0 Å². The maximum Gasteiger partial charge on any atom is 0.126 e. The summed E-state index contributed by atoms with van der Waals surface area (Å²) < 4.78 is 0. The minimum atomic E-state index is 0.356. The summed E-state index contributed by atoms with van der Waals surface area (Å²) in [5, 5.41) is 10.8. The van der Waals surface area contributed by atoms with Gasteiger partial charge >= 0.3 is 0 Å². The third-order valence-corrected chi connectivity index (χ3v) is 3.49. The highest BCUT2D eigenvalue weighted by molar-refractivity contribution is 5.54. The summed E-state index contributed by atoms with van der Waals surface area (Å²) in [6.45, 7) is 5.01. The standard InChI is InChI=1S/C14H19N5/c1-9-7-14(19-18-9)13-8-12(16-10(2)17-13)11-5-3-4-6-15-11/h7-8,11,15H,3-6H2,1-2H3,(H,18,19)/t11-/m1/s1. The van der Waals surface area contributed by atoms with Crippen LogP contribution < -0.4 is 5.32 Å². The minimum absolute atomic E-state index is 0.356. The van der Waals surface area contributed by atoms with E-state index in [0.29, 0.717) is 6.04 Å². The van der Waals surface area contributed by atoms with Gasteiger partial charge in [-0.2, -0.15) is 5.10 Å². The van der Waals surface area contributed by atoms with Gasteiger partial charge in [-0.05, 0) is 45.4 Å². The van der Waals surface area contributed by atoms with Crippen LogP contribution in [-0.4, -0.2) is 26.7 Å². The maximum atomic E-state index is 4.58. The van der Waals surface area contributed by atoms with E-state index in [1.807, 2.05) is 19.9 Å². The minimum Gasteiger partial charge on any atom is -0.309 e. The van der Waals surface area contributed by atoms with E-state index in [0.717, 1.165) is 41.6 Å². The van der Waals surface area contributed by atoms with E-state index in [2.05, 4.69) is 31.5 Å². The molecule has 0 unspecified atom stereocenters. The van der Waals surface area contributed by atoms with Crippen LogP contribution >= 0.6 is 0 Å². The number of aromatic amines is 1. The molecular weight excluding hydrogens is 238 g/mol. The Hall–Kier alpha value is -1.75. The Labute approximate surface area is 112 Å². The summed E-state index contributed by atoms with van der Waals surface area (Å²) in [4.78, 5) is 9.07. The maximum absolute atomic E-state index is 4.58. The average molecular weight is 257 g/mol. The number of nitrogens with zero attached hydrogens (tertiary/aromatic N) is 3. The van der Waals surface area contributed by atoms with Crippen molar-refractivity contribution in [1.82, 2.24) is 25.5 Å². The molecule has 0 spiro atoms. The number of hydrogen-bond acceptors (Lipinski definition) is 4. The number of aromatic nitrogens is 4. The molecule has 2 aromatic heterocycles. The van der Waals surface area contributed by atoms with Gasteiger partial charge in [-0.25, -0.2) is 9.97 Å². The molecule has 0 aromatic carbocycles. The molecule has 2 aromatic rings. The molecule has 0 saturated carbocycles. The largest absolute Gasteiger partial charge is 0.309 e. The molecule has 5 nitrogen and oxygen atoms in total. The van der Waals surface area contributed by atoms with Crippen LogP contribution in [0, 0.1) is 13.8 Å². The van der Waals surface area contributed by atoms with Crippen molar-refractivity contribution < 1.29 is 0 Å². The first kappa shape index (κ1) is 12.3. The van der Waals surface area contributed by atoms with Gasteiger partial charge in [-0.3, -0.25) is 5.10 Å². The molecule has 0 bridgehead atoms. The lowest BCUT2D eigenvalue weighted by Crippen LogP contribution is -2.27. The molecule has 0 amide bonds. The highest BCUT2D eigenvalue weighted by Crippen LogP contribution is 2.24. The summed E-state index contributed by atoms with van der Waals surface area (Å²) in [5.41, 5.74) is 3.92. The smallest absolute Gasteiger partial charge is 0.126 e. The predicted octanol–water partition coefficient (Wildman–Crippen LogP) is 2.30. The third-order valence-electron chi connectivity index (χ3n) is 3.49. The van der Waals surface area contributed by atoms with Crippen molar-refractivity contribution in [2.45, 2.75) is 39.2 Å². The van der Waals surface area contributed by atoms with Gasteiger partial charge in [0.05, 0.1) is 11.4 Å². The molecule has 1 aliphatic heterocycles. The first-order valence-corrected chi connectivity index (χ1v) is 6.84. The predicted molar refractivity (Wildman–Crippen MR) is 73.7 cm³/mol. The Morgan fingerprint density at radius 2 is 2.00 bits per heavy atom. The van der Waals surface area contributed by atoms with Gasteiger partial charge in [0, 0.05) is 11.7 Å². The summed E-state index contributed by atoms with van der Waals surface area (Å²) in [5.74, 6) is 0.806. The quantitative estimate of drug-likeness (QED) is 0.866. The monoisotopic (exact) mass is 257 g/mol. The molecule has 1 aliphatic rings. The summed E-state index contributed by atoms with van der Waals surface area (Å²) in [6.07, 6.45) is 3.67. The Bertz CT molecular complexity index is 569. The van der Waals surface area contributed by atoms with Crippen LogP contribution in [0.5, 0.6) is 0 Å². The van der Waals surface area contributed by atoms with E-state index in [4.69, 9.17) is 0 Å². The zero-order valence-corrected chi connectivity index (χ0v) is 11.4. The first-order valence-electron chi connectivity index (χ1n) is 6.84. The van der Waals surface area contributed by atoms with Gasteiger partial charge in [0.1, 0.15) is 11.5 Å². The molecule has 0 radical (unpaired) electrons. The van der Waals surface area contributed by atoms with Crippen molar-refractivity contribution in [3.05, 3.63) is 29.3 Å². The third kappa shape index (κ3) is 2.66. The summed E-state index contributed by atoms with van der Waals surface area (Å²) in [7, 11) is 0. The van der Waals surface area contributed by atoms with Crippen LogP contribution in [-0.2, 0) is 0 Å². The lowest BCUT2D eigenvalue weighted by molar-refractivity contribution is 0.404. The van der Waals surface area contributed by atoms with Gasteiger partial charge in [-0.15, -0.1) is 0 Å². The number of H-pyrrole nitrogens is 1. The Kier molecular flexibility index (Phi) is 3.29. The van der Waals surface area contributed by atoms with Crippen LogP contribution in [0.4, 0.5) is 0 Å². The lowest BCUT2D eigenvalue weighted by Gasteiger charge is -2.23. The van der Waals surface area contributed by atoms with Gasteiger partial charge in [0.15, 0.2) is 0 Å². The molecule has 100 valence electrons. The van der Waals surface area contributed by atoms with E-state index >= 15 is 0 Å². The van der Waals surface area contributed by atoms with Crippen LogP contribution in [0.2, 0.25) is 0 Å². The SMILES string of the molecule is Cc1nc(-c2cc(C)[nH]n2)cc([C@H]2CCCCN2)n1. The first-order chi connectivity index (χ1) is 9.22. The van der Waals surface area contributed by atoms with Crippen molar-refractivity contribution in [2.75, 3.05) is 6.54 Å². The molecule has 19 heavy (non-hydrogen) atoms. The molecule has 3 heterocycles. The van der Waals surface area contributed by atoms with E-state index in [-0.39, 0.29) is 0 Å². The van der Waals surface area contributed by atoms with Gasteiger partial charge in [-0.1, -0.05) is 6.42 Å². The van der Waals surface area contributed by atoms with Gasteiger partial charge in [0.25, 0.3) is 0 Å². The topological polar surface area (TPSA) is 66.5 Å². The fourth-order valence-corrected chi connectivity index (χ4v) is 2.55. The number of piperidine rings is 1. The second kappa shape index (κ2) is 5.09. The summed E-state index contributed by atoms with van der Waals surface area (Å²) >= 11 is 0. The number of hydrogen-bond donors (Lipinski definition) is 2. The molecule has 1 fully saturated rings. The van der Waals surface area contributed by atoms with Crippen LogP contribution in [0.1, 0.15) is 42.5 Å². The highest BCUT2D eigenvalue weighted by atomic mass is 15.1. The molecular formula is C14H19N5. The van der Waals surface area contributed by atoms with Crippen LogP contribution in [0.25, 0.3) is 11.4 Å². The molecule has 2 N–H and O–H groups in total. The van der Waals surface area contributed by atoms with E-state index in [1.54, 1.807) is 0 Å². The van der Waals surface area contributed by atoms with E-state index < -0.39 is 0 Å². The second-order valence-corrected chi connectivity index (χ2v) is 5.16. The Morgan fingerprint density at radius 1 is 1.11 bits per heavy atom. The van der Waals surface area contributed by atoms with Crippen molar-refractivity contribution >= 4 is 0 Å². The fraction of sp³-hybridized carbons (Fsp3) is 0.500. The summed E-state index contributed by atoms with van der Waals surface area (Å²) in [6, 6.07) is 4.43. The van der Waals surface area contributed by atoms with Crippen molar-refractivity contribution in [1.29, 1.82) is 0 Å². The molecule has 5 heteroatoms. The fourth-order valence-electron chi connectivity index (χ4n) is 2.55. The van der Waals surface area contributed by atoms with Gasteiger partial charge in [0.2, 0.25) is 0 Å². The molecule has 1 saturated heterocycles.